The van der Waals surface area contributed by atoms with Crippen LogP contribution in [-0.2, 0) is 6.54 Å². The number of carbonyl (C=O) groups excluding carboxylic acids is 1. The van der Waals surface area contributed by atoms with E-state index in [9.17, 15) is 9.90 Å². The number of rotatable bonds is 1. The van der Waals surface area contributed by atoms with Crippen LogP contribution >= 0.6 is 15.9 Å². The van der Waals surface area contributed by atoms with Gasteiger partial charge in [0, 0.05) is 16.6 Å². The van der Waals surface area contributed by atoms with Gasteiger partial charge in [0.2, 0.25) is 0 Å². The van der Waals surface area contributed by atoms with Gasteiger partial charge in [0.25, 0.3) is 5.91 Å². The smallest absolute Gasteiger partial charge is 0.254 e. The highest BCUT2D eigenvalue weighted by atomic mass is 79.9. The van der Waals surface area contributed by atoms with Crippen molar-refractivity contribution in [1.82, 2.24) is 4.90 Å². The molecule has 1 amide bonds. The first-order valence-electron chi connectivity index (χ1n) is 7.86. The number of carbonyl (C=O) groups is 1. The average molecular weight is 360 g/mol. The summed E-state index contributed by atoms with van der Waals surface area (Å²) in [6.07, 6.45) is 3.46. The van der Waals surface area contributed by atoms with Crippen molar-refractivity contribution in [2.24, 2.45) is 0 Å². The molecule has 1 aliphatic carbocycles. The Hall–Kier alpha value is -1.39. The third-order valence-corrected chi connectivity index (χ3v) is 5.68. The maximum atomic E-state index is 12.8. The average Bonchev–Trinajstić information content (AvgIpc) is 2.86. The molecule has 2 aromatic rings. The molecular formula is C18H18BrNO2. The second kappa shape index (κ2) is 5.36. The lowest BCUT2D eigenvalue weighted by Gasteiger charge is -2.35. The van der Waals surface area contributed by atoms with E-state index in [-0.39, 0.29) is 18.1 Å². The number of aliphatic hydroxyl groups excluding tert-OH is 1. The van der Waals surface area contributed by atoms with Crippen molar-refractivity contribution >= 4 is 32.6 Å². The van der Waals surface area contributed by atoms with Crippen LogP contribution in [0.4, 0.5) is 0 Å². The summed E-state index contributed by atoms with van der Waals surface area (Å²) in [5, 5.41) is 12.6. The Balaban J connectivity index is 1.79. The number of hydrogen-bond acceptors (Lipinski definition) is 2. The third-order valence-electron chi connectivity index (χ3n) is 5.02. The Morgan fingerprint density at radius 3 is 2.64 bits per heavy atom. The van der Waals surface area contributed by atoms with Crippen molar-refractivity contribution in [1.29, 1.82) is 0 Å². The number of halogens is 1. The Bertz CT molecular complexity index is 758. The van der Waals surface area contributed by atoms with E-state index in [1.165, 1.54) is 0 Å². The zero-order valence-electron chi connectivity index (χ0n) is 12.3. The molecule has 0 spiro atoms. The van der Waals surface area contributed by atoms with E-state index in [4.69, 9.17) is 0 Å². The summed E-state index contributed by atoms with van der Waals surface area (Å²) in [7, 11) is 0. The predicted molar refractivity (Wildman–Crippen MR) is 89.8 cm³/mol. The van der Waals surface area contributed by atoms with Crippen LogP contribution in [0.3, 0.4) is 0 Å². The summed E-state index contributed by atoms with van der Waals surface area (Å²) in [5.74, 6) is 0.0624. The van der Waals surface area contributed by atoms with Crippen molar-refractivity contribution in [3.8, 4) is 0 Å². The zero-order chi connectivity index (χ0) is 15.3. The lowest BCUT2D eigenvalue weighted by atomic mass is 9.91. The molecule has 0 radical (unpaired) electrons. The summed E-state index contributed by atoms with van der Waals surface area (Å²) in [5.41, 5.74) is 1.88. The first-order chi connectivity index (χ1) is 10.7. The highest BCUT2D eigenvalue weighted by Crippen LogP contribution is 2.37. The number of fused-ring (bicyclic) bond motifs is 3. The van der Waals surface area contributed by atoms with E-state index in [2.05, 4.69) is 28.1 Å². The van der Waals surface area contributed by atoms with Crippen LogP contribution in [0.15, 0.2) is 34.8 Å². The third kappa shape index (κ3) is 2.09. The Morgan fingerprint density at radius 2 is 1.86 bits per heavy atom. The number of benzene rings is 2. The molecule has 4 heteroatoms. The highest BCUT2D eigenvalue weighted by Gasteiger charge is 2.38. The minimum atomic E-state index is -0.387. The molecule has 0 unspecified atom stereocenters. The molecule has 1 heterocycles. The van der Waals surface area contributed by atoms with Crippen LogP contribution in [-0.4, -0.2) is 28.1 Å². The van der Waals surface area contributed by atoms with Gasteiger partial charge < -0.3 is 10.0 Å². The van der Waals surface area contributed by atoms with Gasteiger partial charge in [0.05, 0.1) is 12.1 Å². The van der Waals surface area contributed by atoms with Crippen LogP contribution in [0.25, 0.3) is 10.8 Å². The van der Waals surface area contributed by atoms with Crippen molar-refractivity contribution < 1.29 is 9.90 Å². The number of amides is 1. The Labute approximate surface area is 138 Å². The zero-order valence-corrected chi connectivity index (χ0v) is 13.8. The molecule has 1 aliphatic heterocycles. The molecule has 0 saturated heterocycles. The lowest BCUT2D eigenvalue weighted by Crippen LogP contribution is -2.45. The van der Waals surface area contributed by atoms with E-state index in [0.717, 1.165) is 52.1 Å². The van der Waals surface area contributed by atoms with Crippen LogP contribution in [0.5, 0.6) is 0 Å². The lowest BCUT2D eigenvalue weighted by molar-refractivity contribution is 0.0192. The topological polar surface area (TPSA) is 40.5 Å². The SMILES string of the molecule is O=C1c2cc(Br)c3ccccc3c2CN1[C@H]1CCCC[C@@H]1O. The van der Waals surface area contributed by atoms with Gasteiger partial charge in [-0.1, -0.05) is 53.0 Å². The van der Waals surface area contributed by atoms with Gasteiger partial charge in [0.15, 0.2) is 0 Å². The van der Waals surface area contributed by atoms with Crippen molar-refractivity contribution in [2.75, 3.05) is 0 Å². The summed E-state index contributed by atoms with van der Waals surface area (Å²) >= 11 is 3.59. The minimum Gasteiger partial charge on any atom is -0.391 e. The summed E-state index contributed by atoms with van der Waals surface area (Å²) < 4.78 is 0.959. The molecule has 1 fully saturated rings. The monoisotopic (exact) mass is 359 g/mol. The van der Waals surface area contributed by atoms with Crippen molar-refractivity contribution in [2.45, 2.75) is 44.4 Å². The fourth-order valence-corrected chi connectivity index (χ4v) is 4.45. The molecule has 1 N–H and O–H groups in total. The number of nitrogens with zero attached hydrogens (tertiary/aromatic N) is 1. The van der Waals surface area contributed by atoms with E-state index in [1.54, 1.807) is 0 Å². The molecule has 22 heavy (non-hydrogen) atoms. The summed E-state index contributed by atoms with van der Waals surface area (Å²) in [6.45, 7) is 0.615. The quantitative estimate of drug-likeness (QED) is 0.839. The molecule has 2 atom stereocenters. The first kappa shape index (κ1) is 14.2. The summed E-state index contributed by atoms with van der Waals surface area (Å²) in [4.78, 5) is 14.7. The Morgan fingerprint density at radius 1 is 1.14 bits per heavy atom. The van der Waals surface area contributed by atoms with Gasteiger partial charge in [0.1, 0.15) is 0 Å². The second-order valence-electron chi connectivity index (χ2n) is 6.28. The second-order valence-corrected chi connectivity index (χ2v) is 7.14. The molecule has 1 saturated carbocycles. The van der Waals surface area contributed by atoms with Gasteiger partial charge in [-0.3, -0.25) is 4.79 Å². The number of aliphatic hydroxyl groups is 1. The normalized spacial score (nSPS) is 24.8. The fourth-order valence-electron chi connectivity index (χ4n) is 3.87. The molecule has 0 bridgehead atoms. The largest absolute Gasteiger partial charge is 0.391 e. The van der Waals surface area contributed by atoms with Gasteiger partial charge in [-0.2, -0.15) is 0 Å². The molecule has 3 nitrogen and oxygen atoms in total. The van der Waals surface area contributed by atoms with Gasteiger partial charge >= 0.3 is 0 Å². The van der Waals surface area contributed by atoms with Crippen LogP contribution < -0.4 is 0 Å². The predicted octanol–water partition coefficient (Wildman–Crippen LogP) is 3.86. The first-order valence-corrected chi connectivity index (χ1v) is 8.65. The Kier molecular flexibility index (Phi) is 3.46. The van der Waals surface area contributed by atoms with Gasteiger partial charge in [-0.05, 0) is 35.2 Å². The van der Waals surface area contributed by atoms with E-state index in [1.807, 2.05) is 23.1 Å². The van der Waals surface area contributed by atoms with E-state index < -0.39 is 0 Å². The molecule has 0 aromatic heterocycles. The maximum absolute atomic E-state index is 12.8. The molecule has 114 valence electrons. The molecule has 4 rings (SSSR count). The van der Waals surface area contributed by atoms with E-state index in [0.29, 0.717) is 6.54 Å². The van der Waals surface area contributed by atoms with Crippen LogP contribution in [0.1, 0.15) is 41.6 Å². The molecular weight excluding hydrogens is 342 g/mol. The van der Waals surface area contributed by atoms with Gasteiger partial charge in [-0.25, -0.2) is 0 Å². The molecule has 2 aromatic carbocycles. The molecule has 2 aliphatic rings. The highest BCUT2D eigenvalue weighted by molar-refractivity contribution is 9.10. The van der Waals surface area contributed by atoms with Gasteiger partial charge in [-0.15, -0.1) is 0 Å². The van der Waals surface area contributed by atoms with Crippen LogP contribution in [0, 0.1) is 0 Å². The standard InChI is InChI=1S/C18H18BrNO2/c19-15-9-13-14(11-5-1-2-6-12(11)15)10-20(18(13)22)16-7-3-4-8-17(16)21/h1-2,5-6,9,16-17,21H,3-4,7-8,10H2/t16-,17-/m0/s1. The number of hydrogen-bond donors (Lipinski definition) is 1. The van der Waals surface area contributed by atoms with Crippen LogP contribution in [0.2, 0.25) is 0 Å². The maximum Gasteiger partial charge on any atom is 0.254 e. The van der Waals surface area contributed by atoms with Crippen molar-refractivity contribution in [3.63, 3.8) is 0 Å². The fraction of sp³-hybridized carbons (Fsp3) is 0.389. The van der Waals surface area contributed by atoms with E-state index >= 15 is 0 Å². The minimum absolute atomic E-state index is 0.0359. The van der Waals surface area contributed by atoms with Crippen molar-refractivity contribution in [3.05, 3.63) is 45.9 Å². The summed E-state index contributed by atoms with van der Waals surface area (Å²) in [6, 6.07) is 10.1.